The Bertz CT molecular complexity index is 444. The summed E-state index contributed by atoms with van der Waals surface area (Å²) in [5.41, 5.74) is 0.708. The Morgan fingerprint density at radius 3 is 2.30 bits per heavy atom. The van der Waals surface area contributed by atoms with Gasteiger partial charge in [-0.15, -0.1) is 0 Å². The SMILES string of the molecule is COC(=O)C(NCC(C(=O)O)c1ccccc1)C(C)C. The number of carbonyl (C=O) groups is 2. The molecule has 0 bridgehead atoms. The highest BCUT2D eigenvalue weighted by Gasteiger charge is 2.26. The van der Waals surface area contributed by atoms with Crippen LogP contribution in [0.2, 0.25) is 0 Å². The zero-order valence-electron chi connectivity index (χ0n) is 12.0. The number of methoxy groups -OCH3 is 1. The molecule has 2 unspecified atom stereocenters. The maximum Gasteiger partial charge on any atom is 0.323 e. The van der Waals surface area contributed by atoms with Crippen LogP contribution in [0, 0.1) is 5.92 Å². The van der Waals surface area contributed by atoms with E-state index in [1.807, 2.05) is 19.9 Å². The van der Waals surface area contributed by atoms with Crippen molar-refractivity contribution in [2.24, 2.45) is 5.92 Å². The van der Waals surface area contributed by atoms with Gasteiger partial charge in [-0.1, -0.05) is 44.2 Å². The summed E-state index contributed by atoms with van der Waals surface area (Å²) in [7, 11) is 1.32. The molecule has 0 radical (unpaired) electrons. The van der Waals surface area contributed by atoms with Crippen LogP contribution < -0.4 is 5.32 Å². The molecular formula is C15H21NO4. The highest BCUT2D eigenvalue weighted by atomic mass is 16.5. The van der Waals surface area contributed by atoms with Gasteiger partial charge in [0, 0.05) is 6.54 Å². The number of carboxylic acid groups (broad SMARTS) is 1. The van der Waals surface area contributed by atoms with Crippen LogP contribution in [-0.2, 0) is 14.3 Å². The Labute approximate surface area is 118 Å². The first-order valence-electron chi connectivity index (χ1n) is 6.56. The molecule has 20 heavy (non-hydrogen) atoms. The van der Waals surface area contributed by atoms with Crippen LogP contribution in [0.3, 0.4) is 0 Å². The summed E-state index contributed by atoms with van der Waals surface area (Å²) < 4.78 is 4.72. The molecule has 0 aliphatic heterocycles. The van der Waals surface area contributed by atoms with Crippen molar-refractivity contribution < 1.29 is 19.4 Å². The van der Waals surface area contributed by atoms with Gasteiger partial charge in [0.25, 0.3) is 0 Å². The maximum atomic E-state index is 11.6. The van der Waals surface area contributed by atoms with E-state index in [4.69, 9.17) is 4.74 Å². The Morgan fingerprint density at radius 2 is 1.85 bits per heavy atom. The lowest BCUT2D eigenvalue weighted by Crippen LogP contribution is -2.44. The fraction of sp³-hybridized carbons (Fsp3) is 0.467. The van der Waals surface area contributed by atoms with E-state index < -0.39 is 17.9 Å². The molecular weight excluding hydrogens is 258 g/mol. The standard InChI is InChI=1S/C15H21NO4/c1-10(2)13(15(19)20-3)16-9-12(14(17)18)11-7-5-4-6-8-11/h4-8,10,12-13,16H,9H2,1-3H3,(H,17,18). The molecule has 0 aliphatic carbocycles. The van der Waals surface area contributed by atoms with Crippen molar-refractivity contribution in [1.82, 2.24) is 5.32 Å². The second-order valence-corrected chi connectivity index (χ2v) is 4.95. The van der Waals surface area contributed by atoms with Crippen LogP contribution in [0.5, 0.6) is 0 Å². The van der Waals surface area contributed by atoms with Gasteiger partial charge in [0.2, 0.25) is 0 Å². The highest BCUT2D eigenvalue weighted by molar-refractivity contribution is 5.78. The summed E-state index contributed by atoms with van der Waals surface area (Å²) in [6.45, 7) is 3.94. The van der Waals surface area contributed by atoms with Crippen LogP contribution in [-0.4, -0.2) is 36.7 Å². The number of rotatable bonds is 7. The predicted molar refractivity (Wildman–Crippen MR) is 75.5 cm³/mol. The summed E-state index contributed by atoms with van der Waals surface area (Å²) in [6.07, 6.45) is 0. The number of hydrogen-bond acceptors (Lipinski definition) is 4. The minimum Gasteiger partial charge on any atom is -0.481 e. The molecule has 0 saturated carbocycles. The predicted octanol–water partition coefficient (Wildman–Crippen LogP) is 1.64. The zero-order chi connectivity index (χ0) is 15.1. The monoisotopic (exact) mass is 279 g/mol. The van der Waals surface area contributed by atoms with E-state index in [0.29, 0.717) is 5.56 Å². The third-order valence-corrected chi connectivity index (χ3v) is 3.16. The Hall–Kier alpha value is -1.88. The van der Waals surface area contributed by atoms with Crippen molar-refractivity contribution in [3.05, 3.63) is 35.9 Å². The summed E-state index contributed by atoms with van der Waals surface area (Å²) >= 11 is 0. The van der Waals surface area contributed by atoms with E-state index in [1.165, 1.54) is 7.11 Å². The molecule has 2 atom stereocenters. The molecule has 0 heterocycles. The van der Waals surface area contributed by atoms with Gasteiger partial charge in [0.15, 0.2) is 0 Å². The van der Waals surface area contributed by atoms with Gasteiger partial charge in [-0.05, 0) is 11.5 Å². The van der Waals surface area contributed by atoms with Gasteiger partial charge in [-0.3, -0.25) is 9.59 Å². The third-order valence-electron chi connectivity index (χ3n) is 3.16. The van der Waals surface area contributed by atoms with Crippen LogP contribution >= 0.6 is 0 Å². The molecule has 0 aromatic heterocycles. The number of esters is 1. The number of benzene rings is 1. The average Bonchev–Trinajstić information content (AvgIpc) is 2.43. The molecule has 0 spiro atoms. The minimum atomic E-state index is -0.920. The summed E-state index contributed by atoms with van der Waals surface area (Å²) in [6, 6.07) is 8.45. The second kappa shape index (κ2) is 7.65. The van der Waals surface area contributed by atoms with E-state index in [2.05, 4.69) is 5.32 Å². The Kier molecular flexibility index (Phi) is 6.18. The number of aliphatic carboxylic acids is 1. The summed E-state index contributed by atoms with van der Waals surface area (Å²) in [5.74, 6) is -1.97. The lowest BCUT2D eigenvalue weighted by molar-refractivity contribution is -0.145. The van der Waals surface area contributed by atoms with E-state index >= 15 is 0 Å². The number of nitrogens with one attached hydrogen (secondary N) is 1. The van der Waals surface area contributed by atoms with Crippen molar-refractivity contribution in [2.45, 2.75) is 25.8 Å². The molecule has 2 N–H and O–H groups in total. The Morgan fingerprint density at radius 1 is 1.25 bits per heavy atom. The molecule has 0 amide bonds. The molecule has 1 aromatic carbocycles. The molecule has 0 fully saturated rings. The van der Waals surface area contributed by atoms with Gasteiger partial charge in [-0.2, -0.15) is 0 Å². The molecule has 5 heteroatoms. The largest absolute Gasteiger partial charge is 0.481 e. The summed E-state index contributed by atoms with van der Waals surface area (Å²) in [4.78, 5) is 23.0. The first-order chi connectivity index (χ1) is 9.47. The first-order valence-corrected chi connectivity index (χ1v) is 6.56. The van der Waals surface area contributed by atoms with Crippen molar-refractivity contribution >= 4 is 11.9 Å². The lowest BCUT2D eigenvalue weighted by atomic mass is 9.97. The summed E-state index contributed by atoms with van der Waals surface area (Å²) in [5, 5.41) is 12.3. The van der Waals surface area contributed by atoms with Gasteiger partial charge in [-0.25, -0.2) is 0 Å². The lowest BCUT2D eigenvalue weighted by Gasteiger charge is -2.22. The molecule has 1 aromatic rings. The fourth-order valence-corrected chi connectivity index (χ4v) is 2.00. The van der Waals surface area contributed by atoms with Crippen molar-refractivity contribution in [3.63, 3.8) is 0 Å². The number of carboxylic acids is 1. The number of hydrogen-bond donors (Lipinski definition) is 2. The van der Waals surface area contributed by atoms with E-state index in [9.17, 15) is 14.7 Å². The minimum absolute atomic E-state index is 0.0210. The molecule has 0 aliphatic rings. The third kappa shape index (κ3) is 4.35. The van der Waals surface area contributed by atoms with Crippen molar-refractivity contribution in [3.8, 4) is 0 Å². The van der Waals surface area contributed by atoms with Crippen molar-refractivity contribution in [2.75, 3.05) is 13.7 Å². The molecule has 110 valence electrons. The first kappa shape index (κ1) is 16.2. The van der Waals surface area contributed by atoms with Gasteiger partial charge < -0.3 is 15.2 Å². The Balaban J connectivity index is 2.77. The zero-order valence-corrected chi connectivity index (χ0v) is 12.0. The molecule has 5 nitrogen and oxygen atoms in total. The van der Waals surface area contributed by atoms with E-state index in [-0.39, 0.29) is 18.4 Å². The molecule has 0 saturated heterocycles. The highest BCUT2D eigenvalue weighted by Crippen LogP contribution is 2.16. The van der Waals surface area contributed by atoms with Crippen molar-refractivity contribution in [1.29, 1.82) is 0 Å². The maximum absolute atomic E-state index is 11.6. The normalized spacial score (nSPS) is 13.8. The quantitative estimate of drug-likeness (QED) is 0.742. The van der Waals surface area contributed by atoms with E-state index in [1.54, 1.807) is 24.3 Å². The van der Waals surface area contributed by atoms with Crippen LogP contribution in [0.1, 0.15) is 25.3 Å². The van der Waals surface area contributed by atoms with Gasteiger partial charge >= 0.3 is 11.9 Å². The van der Waals surface area contributed by atoms with Crippen LogP contribution in [0.25, 0.3) is 0 Å². The van der Waals surface area contributed by atoms with Crippen LogP contribution in [0.15, 0.2) is 30.3 Å². The fourth-order valence-electron chi connectivity index (χ4n) is 2.00. The number of carbonyl (C=O) groups excluding carboxylic acids is 1. The average molecular weight is 279 g/mol. The van der Waals surface area contributed by atoms with Gasteiger partial charge in [0.05, 0.1) is 13.0 Å². The number of ether oxygens (including phenoxy) is 1. The molecule has 1 rings (SSSR count). The topological polar surface area (TPSA) is 75.6 Å². The second-order valence-electron chi connectivity index (χ2n) is 4.95. The van der Waals surface area contributed by atoms with Crippen LogP contribution in [0.4, 0.5) is 0 Å². The van der Waals surface area contributed by atoms with E-state index in [0.717, 1.165) is 0 Å². The smallest absolute Gasteiger partial charge is 0.323 e. The van der Waals surface area contributed by atoms with Gasteiger partial charge in [0.1, 0.15) is 6.04 Å².